The fourth-order valence-electron chi connectivity index (χ4n) is 2.78. The second-order valence-electron chi connectivity index (χ2n) is 6.12. The van der Waals surface area contributed by atoms with Crippen LogP contribution >= 0.6 is 0 Å². The third-order valence-corrected chi connectivity index (χ3v) is 4.19. The quantitative estimate of drug-likeness (QED) is 0.482. The number of hydrogen-bond acceptors (Lipinski definition) is 5. The molecule has 0 aliphatic rings. The molecule has 1 heterocycles. The van der Waals surface area contributed by atoms with Crippen molar-refractivity contribution in [3.05, 3.63) is 57.9 Å². The van der Waals surface area contributed by atoms with Gasteiger partial charge >= 0.3 is 5.69 Å². The van der Waals surface area contributed by atoms with E-state index in [1.54, 1.807) is 12.1 Å². The molecule has 0 radical (unpaired) electrons. The molecule has 140 valence electrons. The van der Waals surface area contributed by atoms with Crippen LogP contribution in [0.5, 0.6) is 5.75 Å². The minimum absolute atomic E-state index is 0.107. The molecule has 0 atom stereocenters. The SMILES string of the molecule is CCCCc1nc2ccc(NC(=O)c3ccc(OC)c([N+](=O)[O-])c3)cc2[nH]1. The number of carbonyl (C=O) groups excluding carboxylic acids is 1. The van der Waals surface area contributed by atoms with Gasteiger partial charge in [-0.3, -0.25) is 14.9 Å². The van der Waals surface area contributed by atoms with Gasteiger partial charge < -0.3 is 15.0 Å². The first-order valence-electron chi connectivity index (χ1n) is 8.64. The van der Waals surface area contributed by atoms with Crippen LogP contribution in [0.2, 0.25) is 0 Å². The normalized spacial score (nSPS) is 10.7. The predicted octanol–water partition coefficient (Wildman–Crippen LogP) is 4.07. The number of unbranched alkanes of at least 4 members (excludes halogenated alkanes) is 1. The highest BCUT2D eigenvalue weighted by molar-refractivity contribution is 6.05. The topological polar surface area (TPSA) is 110 Å². The molecule has 0 aliphatic heterocycles. The van der Waals surface area contributed by atoms with E-state index in [1.165, 1.54) is 25.3 Å². The van der Waals surface area contributed by atoms with Crippen LogP contribution in [-0.4, -0.2) is 27.9 Å². The predicted molar refractivity (Wildman–Crippen MR) is 102 cm³/mol. The lowest BCUT2D eigenvalue weighted by molar-refractivity contribution is -0.385. The molecule has 1 amide bonds. The first-order chi connectivity index (χ1) is 13.0. The molecule has 0 fully saturated rings. The highest BCUT2D eigenvalue weighted by atomic mass is 16.6. The molecular formula is C19H20N4O4. The number of carbonyl (C=O) groups is 1. The summed E-state index contributed by atoms with van der Waals surface area (Å²) >= 11 is 0. The summed E-state index contributed by atoms with van der Waals surface area (Å²) in [5.41, 5.74) is 2.17. The van der Waals surface area contributed by atoms with Crippen molar-refractivity contribution in [2.45, 2.75) is 26.2 Å². The van der Waals surface area contributed by atoms with Crippen LogP contribution in [-0.2, 0) is 6.42 Å². The van der Waals surface area contributed by atoms with Gasteiger partial charge in [-0.05, 0) is 36.8 Å². The van der Waals surface area contributed by atoms with E-state index >= 15 is 0 Å². The zero-order valence-electron chi connectivity index (χ0n) is 15.1. The van der Waals surface area contributed by atoms with E-state index in [4.69, 9.17) is 4.74 Å². The average molecular weight is 368 g/mol. The first-order valence-corrected chi connectivity index (χ1v) is 8.64. The van der Waals surface area contributed by atoms with Gasteiger partial charge in [0, 0.05) is 23.7 Å². The molecule has 0 spiro atoms. The molecule has 0 saturated carbocycles. The van der Waals surface area contributed by atoms with Crippen LogP contribution in [0.4, 0.5) is 11.4 Å². The largest absolute Gasteiger partial charge is 0.490 e. The maximum atomic E-state index is 12.5. The fourth-order valence-corrected chi connectivity index (χ4v) is 2.78. The highest BCUT2D eigenvalue weighted by Crippen LogP contribution is 2.28. The van der Waals surface area contributed by atoms with Gasteiger partial charge in [-0.1, -0.05) is 13.3 Å². The summed E-state index contributed by atoms with van der Waals surface area (Å²) in [7, 11) is 1.34. The molecule has 3 rings (SSSR count). The van der Waals surface area contributed by atoms with E-state index in [0.29, 0.717) is 5.69 Å². The number of rotatable bonds is 7. The van der Waals surface area contributed by atoms with Gasteiger partial charge in [-0.2, -0.15) is 0 Å². The molecular weight excluding hydrogens is 348 g/mol. The van der Waals surface area contributed by atoms with E-state index in [1.807, 2.05) is 6.07 Å². The van der Waals surface area contributed by atoms with Crippen LogP contribution in [0.25, 0.3) is 11.0 Å². The van der Waals surface area contributed by atoms with Crippen LogP contribution in [0, 0.1) is 10.1 Å². The molecule has 2 aromatic carbocycles. The van der Waals surface area contributed by atoms with E-state index in [2.05, 4.69) is 22.2 Å². The van der Waals surface area contributed by atoms with E-state index in [0.717, 1.165) is 36.1 Å². The Bertz CT molecular complexity index is 997. The van der Waals surface area contributed by atoms with Crippen molar-refractivity contribution in [2.75, 3.05) is 12.4 Å². The molecule has 8 heteroatoms. The van der Waals surface area contributed by atoms with Crippen LogP contribution in [0.15, 0.2) is 36.4 Å². The summed E-state index contributed by atoms with van der Waals surface area (Å²) in [6, 6.07) is 9.47. The summed E-state index contributed by atoms with van der Waals surface area (Å²) in [6.45, 7) is 2.12. The monoisotopic (exact) mass is 368 g/mol. The number of ether oxygens (including phenoxy) is 1. The van der Waals surface area contributed by atoms with Crippen molar-refractivity contribution in [1.82, 2.24) is 9.97 Å². The number of anilines is 1. The maximum absolute atomic E-state index is 12.5. The lowest BCUT2D eigenvalue weighted by atomic mass is 10.1. The molecule has 27 heavy (non-hydrogen) atoms. The zero-order valence-corrected chi connectivity index (χ0v) is 15.1. The number of imidazole rings is 1. The Balaban J connectivity index is 1.81. The molecule has 8 nitrogen and oxygen atoms in total. The molecule has 0 unspecified atom stereocenters. The van der Waals surface area contributed by atoms with Crippen molar-refractivity contribution < 1.29 is 14.5 Å². The molecule has 3 aromatic rings. The molecule has 0 bridgehead atoms. The number of methoxy groups -OCH3 is 1. The number of benzene rings is 2. The van der Waals surface area contributed by atoms with Crippen LogP contribution in [0.1, 0.15) is 35.9 Å². The molecule has 0 aliphatic carbocycles. The lowest BCUT2D eigenvalue weighted by Gasteiger charge is -2.07. The van der Waals surface area contributed by atoms with Crippen molar-refractivity contribution in [3.8, 4) is 5.75 Å². The number of nitro groups is 1. The average Bonchev–Trinajstić information content (AvgIpc) is 3.07. The number of aromatic nitrogens is 2. The van der Waals surface area contributed by atoms with E-state index in [-0.39, 0.29) is 17.0 Å². The molecule has 1 aromatic heterocycles. The summed E-state index contributed by atoms with van der Waals surface area (Å²) in [5.74, 6) is 0.585. The Morgan fingerprint density at radius 1 is 1.30 bits per heavy atom. The zero-order chi connectivity index (χ0) is 19.4. The molecule has 2 N–H and O–H groups in total. The number of aromatic amines is 1. The molecule has 0 saturated heterocycles. The number of nitrogens with one attached hydrogen (secondary N) is 2. The van der Waals surface area contributed by atoms with Crippen molar-refractivity contribution in [1.29, 1.82) is 0 Å². The van der Waals surface area contributed by atoms with Crippen molar-refractivity contribution >= 4 is 28.3 Å². The van der Waals surface area contributed by atoms with Gasteiger partial charge in [-0.15, -0.1) is 0 Å². The summed E-state index contributed by atoms with van der Waals surface area (Å²) in [5, 5.41) is 13.9. The van der Waals surface area contributed by atoms with Gasteiger partial charge in [-0.25, -0.2) is 4.98 Å². The fraction of sp³-hybridized carbons (Fsp3) is 0.263. The number of nitrogens with zero attached hydrogens (tertiary/aromatic N) is 2. The smallest absolute Gasteiger partial charge is 0.311 e. The summed E-state index contributed by atoms with van der Waals surface area (Å²) < 4.78 is 4.95. The third kappa shape index (κ3) is 4.05. The van der Waals surface area contributed by atoms with Gasteiger partial charge in [0.05, 0.1) is 23.1 Å². The lowest BCUT2D eigenvalue weighted by Crippen LogP contribution is -2.12. The van der Waals surface area contributed by atoms with Gasteiger partial charge in [0.1, 0.15) is 5.82 Å². The number of aryl methyl sites for hydroxylation is 1. The Morgan fingerprint density at radius 2 is 2.11 bits per heavy atom. The summed E-state index contributed by atoms with van der Waals surface area (Å²) in [4.78, 5) is 30.8. The second-order valence-corrected chi connectivity index (χ2v) is 6.12. The second kappa shape index (κ2) is 7.86. The highest BCUT2D eigenvalue weighted by Gasteiger charge is 2.18. The van der Waals surface area contributed by atoms with Gasteiger partial charge in [0.25, 0.3) is 5.91 Å². The Labute approximate surface area is 155 Å². The van der Waals surface area contributed by atoms with Gasteiger partial charge in [0.2, 0.25) is 0 Å². The minimum Gasteiger partial charge on any atom is -0.490 e. The standard InChI is InChI=1S/C19H20N4O4/c1-3-4-5-18-21-14-8-7-13(11-15(14)22-18)20-19(24)12-6-9-17(27-2)16(10-12)23(25)26/h6-11H,3-5H2,1-2H3,(H,20,24)(H,21,22). The number of hydrogen-bond donors (Lipinski definition) is 2. The van der Waals surface area contributed by atoms with Crippen molar-refractivity contribution in [3.63, 3.8) is 0 Å². The third-order valence-electron chi connectivity index (χ3n) is 4.19. The minimum atomic E-state index is -0.579. The number of H-pyrrole nitrogens is 1. The first kappa shape index (κ1) is 18.4. The van der Waals surface area contributed by atoms with Crippen molar-refractivity contribution in [2.24, 2.45) is 0 Å². The van der Waals surface area contributed by atoms with Gasteiger partial charge in [0.15, 0.2) is 5.75 Å². The maximum Gasteiger partial charge on any atom is 0.311 e. The number of nitro benzene ring substituents is 1. The van der Waals surface area contributed by atoms with E-state index < -0.39 is 10.8 Å². The Morgan fingerprint density at radius 3 is 2.81 bits per heavy atom. The van der Waals surface area contributed by atoms with E-state index in [9.17, 15) is 14.9 Å². The number of fused-ring (bicyclic) bond motifs is 1. The Hall–Kier alpha value is -3.42. The Kier molecular flexibility index (Phi) is 5.35. The number of amides is 1. The van der Waals surface area contributed by atoms with Crippen LogP contribution in [0.3, 0.4) is 0 Å². The van der Waals surface area contributed by atoms with Crippen LogP contribution < -0.4 is 10.1 Å². The summed E-state index contributed by atoms with van der Waals surface area (Å²) in [6.07, 6.45) is 3.02.